The Labute approximate surface area is 75.3 Å². The minimum atomic E-state index is -1.93. The van der Waals surface area contributed by atoms with Gasteiger partial charge in [-0.05, 0) is 17.8 Å². The van der Waals surface area contributed by atoms with Gasteiger partial charge in [-0.3, -0.25) is 0 Å². The van der Waals surface area contributed by atoms with Crippen LogP contribution in [0.15, 0.2) is 0 Å². The molecule has 1 aliphatic rings. The zero-order chi connectivity index (χ0) is 7.12. The molecule has 0 amide bonds. The summed E-state index contributed by atoms with van der Waals surface area (Å²) in [4.78, 5) is 0. The third kappa shape index (κ3) is 2.60. The van der Waals surface area contributed by atoms with Crippen LogP contribution in [0.4, 0.5) is 0 Å². The second-order valence-corrected chi connectivity index (χ2v) is 18.1. The van der Waals surface area contributed by atoms with E-state index in [9.17, 15) is 0 Å². The normalized spacial score (nSPS) is 30.7. The molecular formula is C3H6Cl4Si2. The van der Waals surface area contributed by atoms with Gasteiger partial charge in [0.05, 0.1) is 0 Å². The third-order valence-electron chi connectivity index (χ3n) is 1.37. The molecule has 9 heavy (non-hydrogen) atoms. The molecule has 0 unspecified atom stereocenters. The van der Waals surface area contributed by atoms with Crippen molar-refractivity contribution in [3.05, 3.63) is 0 Å². The minimum absolute atomic E-state index is 0.742. The standard InChI is InChI=1S/C3H6Cl4Si2/c4-8(5)1-2-9(6,7)3-8/h1-3H2. The largest absolute Gasteiger partial charge is 0.250 e. The first-order valence-electron chi connectivity index (χ1n) is 2.67. The Morgan fingerprint density at radius 3 is 1.22 bits per heavy atom. The van der Waals surface area contributed by atoms with Crippen LogP contribution in [-0.4, -0.2) is 13.4 Å². The Bertz CT molecular complexity index is 109. The summed E-state index contributed by atoms with van der Waals surface area (Å²) in [6, 6.07) is 1.77. The first-order valence-corrected chi connectivity index (χ1v) is 11.5. The Morgan fingerprint density at radius 1 is 0.778 bits per heavy atom. The van der Waals surface area contributed by atoms with Crippen molar-refractivity contribution >= 4 is 57.7 Å². The van der Waals surface area contributed by atoms with Gasteiger partial charge in [-0.15, -0.1) is 44.3 Å². The zero-order valence-electron chi connectivity index (χ0n) is 4.63. The van der Waals surface area contributed by atoms with Gasteiger partial charge < -0.3 is 0 Å². The predicted molar refractivity (Wildman–Crippen MR) is 49.3 cm³/mol. The van der Waals surface area contributed by atoms with E-state index in [1.165, 1.54) is 0 Å². The average Bonchev–Trinajstić information content (AvgIpc) is 1.78. The lowest BCUT2D eigenvalue weighted by atomic mass is 11.0. The Balaban J connectivity index is 2.58. The van der Waals surface area contributed by atoms with Gasteiger partial charge in [0.2, 0.25) is 0 Å². The molecule has 0 aromatic carbocycles. The maximum atomic E-state index is 5.92. The molecule has 0 aromatic heterocycles. The highest BCUT2D eigenvalue weighted by atomic mass is 35.7. The molecule has 0 N–H and O–H groups in total. The lowest BCUT2D eigenvalue weighted by Gasteiger charge is -2.08. The summed E-state index contributed by atoms with van der Waals surface area (Å²) < 4.78 is 0. The highest BCUT2D eigenvalue weighted by molar-refractivity contribution is 7.58. The van der Waals surface area contributed by atoms with Crippen LogP contribution < -0.4 is 0 Å². The summed E-state index contributed by atoms with van der Waals surface area (Å²) in [6.07, 6.45) is 0. The summed E-state index contributed by atoms with van der Waals surface area (Å²) in [6.45, 7) is -3.87. The smallest absolute Gasteiger partial charge is 0.146 e. The van der Waals surface area contributed by atoms with Crippen molar-refractivity contribution in [1.29, 1.82) is 0 Å². The van der Waals surface area contributed by atoms with Crippen molar-refractivity contribution in [2.75, 3.05) is 0 Å². The molecule has 0 saturated carbocycles. The number of rotatable bonds is 0. The van der Waals surface area contributed by atoms with E-state index < -0.39 is 13.4 Å². The minimum Gasteiger partial charge on any atom is -0.146 e. The van der Waals surface area contributed by atoms with E-state index >= 15 is 0 Å². The van der Waals surface area contributed by atoms with Crippen molar-refractivity contribution < 1.29 is 0 Å². The fourth-order valence-electron chi connectivity index (χ4n) is 0.921. The SMILES string of the molecule is Cl[Si]1(Cl)CC[Si](Cl)(Cl)C1. The molecule has 1 rings (SSSR count). The van der Waals surface area contributed by atoms with E-state index in [1.807, 2.05) is 0 Å². The molecule has 1 fully saturated rings. The quantitative estimate of drug-likeness (QED) is 0.449. The van der Waals surface area contributed by atoms with Crippen LogP contribution in [-0.2, 0) is 0 Å². The maximum Gasteiger partial charge on any atom is 0.250 e. The highest BCUT2D eigenvalue weighted by Crippen LogP contribution is 2.46. The van der Waals surface area contributed by atoms with Gasteiger partial charge in [-0.25, -0.2) is 0 Å². The topological polar surface area (TPSA) is 0 Å². The summed E-state index contributed by atoms with van der Waals surface area (Å²) in [5, 5.41) is 0. The number of halogens is 4. The molecule has 0 spiro atoms. The van der Waals surface area contributed by atoms with Gasteiger partial charge in [0, 0.05) is 0 Å². The molecular weight excluding hydrogens is 234 g/mol. The average molecular weight is 240 g/mol. The van der Waals surface area contributed by atoms with Crippen molar-refractivity contribution in [1.82, 2.24) is 0 Å². The summed E-state index contributed by atoms with van der Waals surface area (Å²) in [5.41, 5.74) is 0.742. The third-order valence-corrected chi connectivity index (χ3v) is 15.1. The highest BCUT2D eigenvalue weighted by Gasteiger charge is 2.48. The van der Waals surface area contributed by atoms with E-state index in [4.69, 9.17) is 44.3 Å². The second kappa shape index (κ2) is 2.57. The van der Waals surface area contributed by atoms with Crippen LogP contribution in [0.25, 0.3) is 0 Å². The lowest BCUT2D eigenvalue weighted by molar-refractivity contribution is 1.43. The zero-order valence-corrected chi connectivity index (χ0v) is 9.66. The van der Waals surface area contributed by atoms with Gasteiger partial charge >= 0.3 is 0 Å². The van der Waals surface area contributed by atoms with Crippen molar-refractivity contribution in [3.8, 4) is 0 Å². The van der Waals surface area contributed by atoms with Gasteiger partial charge in [0.15, 0.2) is 0 Å². The Kier molecular flexibility index (Phi) is 2.48. The van der Waals surface area contributed by atoms with Crippen LogP contribution in [0.2, 0.25) is 17.8 Å². The maximum absolute atomic E-state index is 5.92. The molecule has 1 saturated heterocycles. The van der Waals surface area contributed by atoms with Crippen LogP contribution >= 0.6 is 44.3 Å². The fraction of sp³-hybridized carbons (Fsp3) is 1.00. The van der Waals surface area contributed by atoms with Crippen molar-refractivity contribution in [2.45, 2.75) is 17.8 Å². The molecule has 0 aliphatic carbocycles. The van der Waals surface area contributed by atoms with E-state index in [1.54, 1.807) is 0 Å². The number of hydrogen-bond acceptors (Lipinski definition) is 0. The van der Waals surface area contributed by atoms with E-state index in [-0.39, 0.29) is 0 Å². The molecule has 54 valence electrons. The Hall–Kier alpha value is 1.59. The van der Waals surface area contributed by atoms with Crippen molar-refractivity contribution in [2.24, 2.45) is 0 Å². The van der Waals surface area contributed by atoms with E-state index in [0.29, 0.717) is 0 Å². The van der Waals surface area contributed by atoms with Crippen LogP contribution in [0.3, 0.4) is 0 Å². The van der Waals surface area contributed by atoms with Gasteiger partial charge in [0.1, 0.15) is 0 Å². The van der Waals surface area contributed by atoms with Gasteiger partial charge in [0.25, 0.3) is 13.4 Å². The fourth-order valence-corrected chi connectivity index (χ4v) is 22.4. The molecule has 6 heteroatoms. The lowest BCUT2D eigenvalue weighted by Crippen LogP contribution is -2.20. The van der Waals surface area contributed by atoms with Crippen molar-refractivity contribution in [3.63, 3.8) is 0 Å². The first-order chi connectivity index (χ1) is 3.91. The predicted octanol–water partition coefficient (Wildman–Crippen LogP) is 3.38. The van der Waals surface area contributed by atoms with Gasteiger partial charge in [-0.2, -0.15) is 0 Å². The molecule has 0 bridgehead atoms. The molecule has 1 aliphatic heterocycles. The monoisotopic (exact) mass is 238 g/mol. The molecule has 0 atom stereocenters. The summed E-state index contributed by atoms with van der Waals surface area (Å²) in [7, 11) is 0. The van der Waals surface area contributed by atoms with Crippen LogP contribution in [0, 0.1) is 0 Å². The van der Waals surface area contributed by atoms with Crippen LogP contribution in [0.1, 0.15) is 0 Å². The Morgan fingerprint density at radius 2 is 1.11 bits per heavy atom. The number of hydrogen-bond donors (Lipinski definition) is 0. The van der Waals surface area contributed by atoms with Crippen LogP contribution in [0.5, 0.6) is 0 Å². The molecule has 0 aromatic rings. The van der Waals surface area contributed by atoms with E-state index in [0.717, 1.165) is 17.8 Å². The second-order valence-electron chi connectivity index (χ2n) is 2.39. The van der Waals surface area contributed by atoms with Gasteiger partial charge in [-0.1, -0.05) is 0 Å². The first kappa shape index (κ1) is 8.69. The molecule has 0 radical (unpaired) electrons. The summed E-state index contributed by atoms with van der Waals surface area (Å²) in [5.74, 6) is 0. The molecule has 0 nitrogen and oxygen atoms in total. The molecule has 1 heterocycles. The van der Waals surface area contributed by atoms with E-state index in [2.05, 4.69) is 0 Å². The summed E-state index contributed by atoms with van der Waals surface area (Å²) >= 11 is 23.7.